The molecule has 2 fully saturated rings. The lowest BCUT2D eigenvalue weighted by Crippen LogP contribution is -2.46. The van der Waals surface area contributed by atoms with Crippen molar-refractivity contribution in [3.8, 4) is 0 Å². The summed E-state index contributed by atoms with van der Waals surface area (Å²) in [6.45, 7) is 13.3. The van der Waals surface area contributed by atoms with Gasteiger partial charge in [-0.15, -0.1) is 0 Å². The standard InChI is InChI=1S/C18H32O/c1-16(2,3)14-11-18(12-14)9-7-13(8-10-18)15(19)17(4,5)6/h13-14H,7-12H2,1-6H3. The molecule has 19 heavy (non-hydrogen) atoms. The van der Waals surface area contributed by atoms with E-state index in [0.29, 0.717) is 22.5 Å². The summed E-state index contributed by atoms with van der Waals surface area (Å²) in [5, 5.41) is 0. The predicted molar refractivity (Wildman–Crippen MR) is 81.0 cm³/mol. The summed E-state index contributed by atoms with van der Waals surface area (Å²) in [4.78, 5) is 12.4. The van der Waals surface area contributed by atoms with Crippen LogP contribution >= 0.6 is 0 Å². The third-order valence-electron chi connectivity index (χ3n) is 5.74. The number of carbonyl (C=O) groups excluding carboxylic acids is 1. The molecular formula is C18H32O. The van der Waals surface area contributed by atoms with E-state index in [2.05, 4.69) is 41.5 Å². The molecule has 0 atom stereocenters. The minimum Gasteiger partial charge on any atom is -0.299 e. The number of Topliss-reactive ketones (excluding diaryl/α,β-unsaturated/α-hetero) is 1. The molecule has 0 aromatic heterocycles. The van der Waals surface area contributed by atoms with Gasteiger partial charge in [-0.2, -0.15) is 0 Å². The highest BCUT2D eigenvalue weighted by molar-refractivity contribution is 5.86. The second kappa shape index (κ2) is 4.60. The zero-order valence-corrected chi connectivity index (χ0v) is 13.8. The Morgan fingerprint density at radius 3 is 1.79 bits per heavy atom. The maximum atomic E-state index is 12.4. The van der Waals surface area contributed by atoms with Gasteiger partial charge in [0.25, 0.3) is 0 Å². The first-order valence-electron chi connectivity index (χ1n) is 8.08. The van der Waals surface area contributed by atoms with Gasteiger partial charge in [0.2, 0.25) is 0 Å². The van der Waals surface area contributed by atoms with Crippen molar-refractivity contribution >= 4 is 5.78 Å². The number of hydrogen-bond acceptors (Lipinski definition) is 1. The van der Waals surface area contributed by atoms with E-state index in [9.17, 15) is 4.79 Å². The topological polar surface area (TPSA) is 17.1 Å². The monoisotopic (exact) mass is 264 g/mol. The molecule has 2 aliphatic carbocycles. The predicted octanol–water partition coefficient (Wildman–Crippen LogP) is 5.23. The third-order valence-corrected chi connectivity index (χ3v) is 5.74. The quantitative estimate of drug-likeness (QED) is 0.633. The summed E-state index contributed by atoms with van der Waals surface area (Å²) < 4.78 is 0. The van der Waals surface area contributed by atoms with Crippen LogP contribution in [0, 0.1) is 28.1 Å². The maximum Gasteiger partial charge on any atom is 0.141 e. The van der Waals surface area contributed by atoms with Crippen molar-refractivity contribution in [2.75, 3.05) is 0 Å². The highest BCUT2D eigenvalue weighted by atomic mass is 16.1. The molecule has 110 valence electrons. The summed E-state index contributed by atoms with van der Waals surface area (Å²) in [6.07, 6.45) is 7.71. The largest absolute Gasteiger partial charge is 0.299 e. The van der Waals surface area contributed by atoms with Crippen molar-refractivity contribution in [1.29, 1.82) is 0 Å². The van der Waals surface area contributed by atoms with Gasteiger partial charge in [-0.05, 0) is 55.3 Å². The first-order chi connectivity index (χ1) is 8.54. The molecule has 2 aliphatic rings. The van der Waals surface area contributed by atoms with Crippen LogP contribution in [0.3, 0.4) is 0 Å². The Kier molecular flexibility index (Phi) is 3.65. The Morgan fingerprint density at radius 2 is 1.42 bits per heavy atom. The van der Waals surface area contributed by atoms with Crippen molar-refractivity contribution in [3.63, 3.8) is 0 Å². The lowest BCUT2D eigenvalue weighted by Gasteiger charge is -2.56. The molecule has 1 heteroatoms. The SMILES string of the molecule is CC(C)(C)C(=O)C1CCC2(CC1)CC(C(C)(C)C)C2. The molecular weight excluding hydrogens is 232 g/mol. The molecule has 0 amide bonds. The van der Waals surface area contributed by atoms with E-state index in [-0.39, 0.29) is 5.41 Å². The van der Waals surface area contributed by atoms with Gasteiger partial charge >= 0.3 is 0 Å². The average molecular weight is 264 g/mol. The number of ketones is 1. The molecule has 0 saturated heterocycles. The van der Waals surface area contributed by atoms with E-state index in [4.69, 9.17) is 0 Å². The molecule has 0 aliphatic heterocycles. The van der Waals surface area contributed by atoms with Crippen LogP contribution in [0.2, 0.25) is 0 Å². The molecule has 0 aromatic rings. The Hall–Kier alpha value is -0.330. The van der Waals surface area contributed by atoms with Gasteiger partial charge in [0.1, 0.15) is 5.78 Å². The van der Waals surface area contributed by atoms with Gasteiger partial charge in [-0.25, -0.2) is 0 Å². The van der Waals surface area contributed by atoms with Crippen LogP contribution in [0.25, 0.3) is 0 Å². The lowest BCUT2D eigenvalue weighted by molar-refractivity contribution is -0.134. The van der Waals surface area contributed by atoms with Crippen LogP contribution in [-0.2, 0) is 4.79 Å². The average Bonchev–Trinajstić information content (AvgIpc) is 2.22. The zero-order chi connectivity index (χ0) is 14.5. The first kappa shape index (κ1) is 15.1. The van der Waals surface area contributed by atoms with Gasteiger partial charge in [0.15, 0.2) is 0 Å². The molecule has 0 bridgehead atoms. The van der Waals surface area contributed by atoms with Crippen LogP contribution < -0.4 is 0 Å². The zero-order valence-electron chi connectivity index (χ0n) is 13.8. The molecule has 2 rings (SSSR count). The van der Waals surface area contributed by atoms with E-state index < -0.39 is 0 Å². The fraction of sp³-hybridized carbons (Fsp3) is 0.944. The summed E-state index contributed by atoms with van der Waals surface area (Å²) in [7, 11) is 0. The van der Waals surface area contributed by atoms with Crippen LogP contribution in [0.4, 0.5) is 0 Å². The summed E-state index contributed by atoms with van der Waals surface area (Å²) in [5.74, 6) is 1.75. The molecule has 1 spiro atoms. The van der Waals surface area contributed by atoms with Crippen LogP contribution in [0.5, 0.6) is 0 Å². The summed E-state index contributed by atoms with van der Waals surface area (Å²) >= 11 is 0. The van der Waals surface area contributed by atoms with Crippen molar-refractivity contribution in [2.24, 2.45) is 28.1 Å². The van der Waals surface area contributed by atoms with Crippen LogP contribution in [-0.4, -0.2) is 5.78 Å². The molecule has 0 heterocycles. The first-order valence-corrected chi connectivity index (χ1v) is 8.08. The van der Waals surface area contributed by atoms with E-state index in [0.717, 1.165) is 18.8 Å². The fourth-order valence-corrected chi connectivity index (χ4v) is 4.11. The molecule has 0 aromatic carbocycles. The number of carbonyl (C=O) groups is 1. The second-order valence-corrected chi connectivity index (χ2v) is 9.36. The van der Waals surface area contributed by atoms with Crippen molar-refractivity contribution < 1.29 is 4.79 Å². The number of rotatable bonds is 1. The van der Waals surface area contributed by atoms with Gasteiger partial charge in [-0.1, -0.05) is 41.5 Å². The normalized spacial score (nSPS) is 36.1. The summed E-state index contributed by atoms with van der Waals surface area (Å²) in [6, 6.07) is 0. The van der Waals surface area contributed by atoms with Gasteiger partial charge in [0.05, 0.1) is 0 Å². The smallest absolute Gasteiger partial charge is 0.141 e. The second-order valence-electron chi connectivity index (χ2n) is 9.36. The number of hydrogen-bond donors (Lipinski definition) is 0. The Labute approximate surface area is 119 Å². The Morgan fingerprint density at radius 1 is 0.947 bits per heavy atom. The van der Waals surface area contributed by atoms with Crippen LogP contribution in [0.15, 0.2) is 0 Å². The minimum absolute atomic E-state index is 0.150. The lowest BCUT2D eigenvalue weighted by atomic mass is 9.49. The van der Waals surface area contributed by atoms with Crippen molar-refractivity contribution in [1.82, 2.24) is 0 Å². The van der Waals surface area contributed by atoms with Crippen LogP contribution in [0.1, 0.15) is 80.1 Å². The van der Waals surface area contributed by atoms with E-state index in [1.165, 1.54) is 25.7 Å². The van der Waals surface area contributed by atoms with E-state index >= 15 is 0 Å². The summed E-state index contributed by atoms with van der Waals surface area (Å²) in [5.41, 5.74) is 0.943. The maximum absolute atomic E-state index is 12.4. The fourth-order valence-electron chi connectivity index (χ4n) is 4.11. The highest BCUT2D eigenvalue weighted by Crippen LogP contribution is 2.60. The van der Waals surface area contributed by atoms with Gasteiger partial charge < -0.3 is 0 Å². The van der Waals surface area contributed by atoms with E-state index in [1.54, 1.807) is 0 Å². The molecule has 1 nitrogen and oxygen atoms in total. The van der Waals surface area contributed by atoms with Gasteiger partial charge in [0, 0.05) is 11.3 Å². The molecule has 0 N–H and O–H groups in total. The van der Waals surface area contributed by atoms with Crippen molar-refractivity contribution in [2.45, 2.75) is 80.1 Å². The Balaban J connectivity index is 1.87. The van der Waals surface area contributed by atoms with Gasteiger partial charge in [-0.3, -0.25) is 4.79 Å². The molecule has 2 saturated carbocycles. The molecule has 0 radical (unpaired) electrons. The van der Waals surface area contributed by atoms with E-state index in [1.807, 2.05) is 0 Å². The highest BCUT2D eigenvalue weighted by Gasteiger charge is 2.50. The molecule has 0 unspecified atom stereocenters. The Bertz CT molecular complexity index is 337. The van der Waals surface area contributed by atoms with Crippen molar-refractivity contribution in [3.05, 3.63) is 0 Å². The minimum atomic E-state index is -0.150. The third kappa shape index (κ3) is 3.06.